The molecule has 0 saturated heterocycles. The maximum atomic E-state index is 12.4. The van der Waals surface area contributed by atoms with Crippen LogP contribution in [-0.4, -0.2) is 9.55 Å². The minimum Gasteiger partial charge on any atom is -0.295 e. The summed E-state index contributed by atoms with van der Waals surface area (Å²) < 4.78 is 1.62. The number of hydrogen-bond donors (Lipinski definition) is 0. The first-order chi connectivity index (χ1) is 9.56. The second kappa shape index (κ2) is 4.60. The van der Waals surface area contributed by atoms with Crippen LogP contribution in [0, 0.1) is 13.8 Å². The number of aromatic nitrogens is 2. The lowest BCUT2D eigenvalue weighted by Crippen LogP contribution is -2.20. The van der Waals surface area contributed by atoms with Crippen molar-refractivity contribution in [1.82, 2.24) is 9.55 Å². The fourth-order valence-electron chi connectivity index (χ4n) is 2.58. The average molecular weight is 264 g/mol. The van der Waals surface area contributed by atoms with E-state index in [-0.39, 0.29) is 5.56 Å². The van der Waals surface area contributed by atoms with E-state index in [2.05, 4.69) is 37.0 Å². The molecule has 0 spiro atoms. The maximum absolute atomic E-state index is 12.4. The van der Waals surface area contributed by atoms with E-state index in [1.54, 1.807) is 11.6 Å². The quantitative estimate of drug-likeness (QED) is 0.676. The van der Waals surface area contributed by atoms with Crippen LogP contribution in [-0.2, 0) is 7.05 Å². The summed E-state index contributed by atoms with van der Waals surface area (Å²) >= 11 is 0. The van der Waals surface area contributed by atoms with Crippen molar-refractivity contribution < 1.29 is 0 Å². The van der Waals surface area contributed by atoms with Gasteiger partial charge in [0, 0.05) is 12.6 Å². The minimum absolute atomic E-state index is 0.00948. The van der Waals surface area contributed by atoms with E-state index in [4.69, 9.17) is 0 Å². The molecule has 0 amide bonds. The van der Waals surface area contributed by atoms with Gasteiger partial charge in [-0.05, 0) is 38.1 Å². The summed E-state index contributed by atoms with van der Waals surface area (Å²) in [5.41, 5.74) is 4.05. The molecule has 0 aliphatic carbocycles. The Hall–Kier alpha value is -2.42. The van der Waals surface area contributed by atoms with Crippen LogP contribution in [0.25, 0.3) is 22.3 Å². The summed E-state index contributed by atoms with van der Waals surface area (Å²) in [4.78, 5) is 17.1. The third kappa shape index (κ3) is 2.01. The van der Waals surface area contributed by atoms with Crippen molar-refractivity contribution in [2.24, 2.45) is 7.05 Å². The second-order valence-electron chi connectivity index (χ2n) is 5.19. The molecule has 0 fully saturated rings. The second-order valence-corrected chi connectivity index (χ2v) is 5.19. The molecule has 3 heteroatoms. The van der Waals surface area contributed by atoms with Gasteiger partial charge in [0.25, 0.3) is 5.56 Å². The summed E-state index contributed by atoms with van der Waals surface area (Å²) in [6, 6.07) is 13.7. The number of rotatable bonds is 1. The fraction of sp³-hybridized carbons (Fsp3) is 0.176. The summed E-state index contributed by atoms with van der Waals surface area (Å²) in [5, 5.41) is 0.656. The van der Waals surface area contributed by atoms with Gasteiger partial charge in [0.2, 0.25) is 0 Å². The molecule has 1 heterocycles. The number of benzene rings is 2. The molecule has 0 aliphatic heterocycles. The van der Waals surface area contributed by atoms with E-state index in [9.17, 15) is 4.79 Å². The van der Waals surface area contributed by atoms with Crippen LogP contribution in [0.1, 0.15) is 11.1 Å². The molecule has 3 rings (SSSR count). The largest absolute Gasteiger partial charge is 0.295 e. The molecule has 0 unspecified atom stereocenters. The number of aryl methyl sites for hydroxylation is 2. The van der Waals surface area contributed by atoms with Gasteiger partial charge in [0.15, 0.2) is 0 Å². The molecule has 0 N–H and O–H groups in total. The molecular formula is C17H16N2O. The Bertz CT molecular complexity index is 842. The molecule has 1 aromatic heterocycles. The van der Waals surface area contributed by atoms with E-state index >= 15 is 0 Å². The van der Waals surface area contributed by atoms with E-state index in [1.807, 2.05) is 24.3 Å². The van der Waals surface area contributed by atoms with E-state index in [0.717, 1.165) is 11.1 Å². The maximum Gasteiger partial charge on any atom is 0.261 e. The Balaban J connectivity index is 2.36. The summed E-state index contributed by atoms with van der Waals surface area (Å²) in [7, 11) is 1.77. The molecule has 0 bridgehead atoms. The van der Waals surface area contributed by atoms with Crippen molar-refractivity contribution in [3.05, 3.63) is 63.9 Å². The van der Waals surface area contributed by atoms with Crippen molar-refractivity contribution in [3.8, 4) is 11.4 Å². The molecule has 0 atom stereocenters. The van der Waals surface area contributed by atoms with Crippen molar-refractivity contribution in [2.75, 3.05) is 0 Å². The van der Waals surface area contributed by atoms with Gasteiger partial charge in [-0.1, -0.05) is 29.3 Å². The lowest BCUT2D eigenvalue weighted by molar-refractivity contribution is 0.855. The molecule has 20 heavy (non-hydrogen) atoms. The molecule has 0 aliphatic rings. The first kappa shape index (κ1) is 12.6. The molecule has 2 aromatic carbocycles. The van der Waals surface area contributed by atoms with Crippen LogP contribution in [0.3, 0.4) is 0 Å². The average Bonchev–Trinajstić information content (AvgIpc) is 2.42. The highest BCUT2D eigenvalue weighted by Crippen LogP contribution is 2.20. The lowest BCUT2D eigenvalue weighted by atomic mass is 10.1. The van der Waals surface area contributed by atoms with Gasteiger partial charge in [-0.3, -0.25) is 9.36 Å². The Labute approximate surface area is 117 Å². The highest BCUT2D eigenvalue weighted by molar-refractivity contribution is 5.79. The first-order valence-corrected chi connectivity index (χ1v) is 6.61. The van der Waals surface area contributed by atoms with Gasteiger partial charge in [-0.2, -0.15) is 0 Å². The van der Waals surface area contributed by atoms with E-state index < -0.39 is 0 Å². The molecule has 0 saturated carbocycles. The van der Waals surface area contributed by atoms with E-state index in [1.165, 1.54) is 11.1 Å². The lowest BCUT2D eigenvalue weighted by Gasteiger charge is -2.10. The highest BCUT2D eigenvalue weighted by atomic mass is 16.1. The summed E-state index contributed by atoms with van der Waals surface area (Å²) in [6.07, 6.45) is 0. The third-order valence-corrected chi connectivity index (χ3v) is 3.46. The van der Waals surface area contributed by atoms with Gasteiger partial charge in [-0.15, -0.1) is 0 Å². The zero-order valence-electron chi connectivity index (χ0n) is 11.8. The Morgan fingerprint density at radius 3 is 2.35 bits per heavy atom. The fourth-order valence-corrected chi connectivity index (χ4v) is 2.58. The van der Waals surface area contributed by atoms with Crippen molar-refractivity contribution in [3.63, 3.8) is 0 Å². The van der Waals surface area contributed by atoms with Crippen molar-refractivity contribution >= 4 is 10.9 Å². The molecular weight excluding hydrogens is 248 g/mol. The van der Waals surface area contributed by atoms with Crippen LogP contribution in [0.2, 0.25) is 0 Å². The van der Waals surface area contributed by atoms with Crippen LogP contribution < -0.4 is 5.56 Å². The number of nitrogens with zero attached hydrogens (tertiary/aromatic N) is 2. The monoisotopic (exact) mass is 264 g/mol. The third-order valence-electron chi connectivity index (χ3n) is 3.46. The van der Waals surface area contributed by atoms with Crippen molar-refractivity contribution in [1.29, 1.82) is 0 Å². The van der Waals surface area contributed by atoms with Crippen LogP contribution in [0.4, 0.5) is 0 Å². The van der Waals surface area contributed by atoms with Crippen molar-refractivity contribution in [2.45, 2.75) is 13.8 Å². The summed E-state index contributed by atoms with van der Waals surface area (Å²) in [5.74, 6) is 0.709. The predicted octanol–water partition coefficient (Wildman–Crippen LogP) is 3.22. The van der Waals surface area contributed by atoms with Gasteiger partial charge in [0.1, 0.15) is 5.82 Å². The Morgan fingerprint density at radius 2 is 1.65 bits per heavy atom. The highest BCUT2D eigenvalue weighted by Gasteiger charge is 2.10. The molecule has 100 valence electrons. The zero-order valence-corrected chi connectivity index (χ0v) is 11.8. The van der Waals surface area contributed by atoms with Gasteiger partial charge in [0.05, 0.1) is 10.9 Å². The van der Waals surface area contributed by atoms with Crippen LogP contribution >= 0.6 is 0 Å². The summed E-state index contributed by atoms with van der Waals surface area (Å²) in [6.45, 7) is 4.10. The minimum atomic E-state index is -0.00948. The number of hydrogen-bond acceptors (Lipinski definition) is 2. The van der Waals surface area contributed by atoms with Crippen LogP contribution in [0.15, 0.2) is 47.3 Å². The normalized spacial score (nSPS) is 10.9. The Kier molecular flexibility index (Phi) is 2.90. The van der Waals surface area contributed by atoms with Crippen LogP contribution in [0.5, 0.6) is 0 Å². The Morgan fingerprint density at radius 1 is 1.00 bits per heavy atom. The predicted molar refractivity (Wildman–Crippen MR) is 81.9 cm³/mol. The van der Waals surface area contributed by atoms with Gasteiger partial charge >= 0.3 is 0 Å². The first-order valence-electron chi connectivity index (χ1n) is 6.61. The number of para-hydroxylation sites is 1. The molecule has 3 nitrogen and oxygen atoms in total. The van der Waals surface area contributed by atoms with Gasteiger partial charge < -0.3 is 0 Å². The SMILES string of the molecule is Cc1cc(C)cc(-c2nc3ccccc3c(=O)n2C)c1. The topological polar surface area (TPSA) is 34.9 Å². The van der Waals surface area contributed by atoms with E-state index in [0.29, 0.717) is 11.2 Å². The number of fused-ring (bicyclic) bond motifs is 1. The molecule has 3 aromatic rings. The molecule has 0 radical (unpaired) electrons. The standard InChI is InChI=1S/C17H16N2O/c1-11-8-12(2)10-13(9-11)16-18-15-7-5-4-6-14(15)17(20)19(16)3/h4-10H,1-3H3. The smallest absolute Gasteiger partial charge is 0.261 e. The van der Waals surface area contributed by atoms with Gasteiger partial charge in [-0.25, -0.2) is 4.98 Å². The zero-order chi connectivity index (χ0) is 14.3.